The van der Waals surface area contributed by atoms with Gasteiger partial charge < -0.3 is 14.8 Å². The third kappa shape index (κ3) is 5.08. The molecule has 1 N–H and O–H groups in total. The molecule has 0 heterocycles. The van der Waals surface area contributed by atoms with Crippen LogP contribution in [0.5, 0.6) is 11.5 Å². The Morgan fingerprint density at radius 1 is 1.18 bits per heavy atom. The molecule has 0 bridgehead atoms. The largest absolute Gasteiger partial charge is 0.497 e. The molecule has 152 valence electrons. The monoisotopic (exact) mass is 426 g/mol. The van der Waals surface area contributed by atoms with Crippen molar-refractivity contribution in [1.29, 1.82) is 0 Å². The van der Waals surface area contributed by atoms with Gasteiger partial charge in [-0.3, -0.25) is 9.10 Å². The zero-order chi connectivity index (χ0) is 20.9. The van der Waals surface area contributed by atoms with Gasteiger partial charge in [-0.2, -0.15) is 0 Å². The number of hydrogen-bond acceptors (Lipinski definition) is 5. The number of ether oxygens (including phenoxy) is 2. The highest BCUT2D eigenvalue weighted by molar-refractivity contribution is 7.92. The molecule has 0 saturated heterocycles. The zero-order valence-corrected chi connectivity index (χ0v) is 17.7. The van der Waals surface area contributed by atoms with Crippen LogP contribution in [0.4, 0.5) is 5.69 Å². The van der Waals surface area contributed by atoms with Crippen molar-refractivity contribution in [3.8, 4) is 11.5 Å². The van der Waals surface area contributed by atoms with Crippen LogP contribution >= 0.6 is 11.6 Å². The van der Waals surface area contributed by atoms with Gasteiger partial charge in [-0.15, -0.1) is 0 Å². The van der Waals surface area contributed by atoms with E-state index in [9.17, 15) is 13.2 Å². The van der Waals surface area contributed by atoms with Crippen molar-refractivity contribution in [3.05, 3.63) is 53.1 Å². The van der Waals surface area contributed by atoms with Crippen molar-refractivity contribution in [2.45, 2.75) is 19.5 Å². The zero-order valence-electron chi connectivity index (χ0n) is 16.1. The third-order valence-corrected chi connectivity index (χ3v) is 5.72. The number of sulfonamides is 1. The number of nitrogens with one attached hydrogen (secondary N) is 1. The summed E-state index contributed by atoms with van der Waals surface area (Å²) in [5.41, 5.74) is 0.944. The molecule has 0 aliphatic heterocycles. The summed E-state index contributed by atoms with van der Waals surface area (Å²) in [6, 6.07) is 10.8. The highest BCUT2D eigenvalue weighted by Crippen LogP contribution is 2.35. The van der Waals surface area contributed by atoms with Crippen LogP contribution in [0, 0.1) is 0 Å². The van der Waals surface area contributed by atoms with Gasteiger partial charge in [-0.05, 0) is 30.7 Å². The second-order valence-electron chi connectivity index (χ2n) is 6.08. The number of rotatable bonds is 8. The number of benzene rings is 2. The Bertz CT molecular complexity index is 949. The van der Waals surface area contributed by atoms with E-state index < -0.39 is 22.0 Å². The van der Waals surface area contributed by atoms with Crippen LogP contribution in [-0.4, -0.2) is 40.8 Å². The van der Waals surface area contributed by atoms with Crippen molar-refractivity contribution < 1.29 is 22.7 Å². The summed E-state index contributed by atoms with van der Waals surface area (Å²) >= 11 is 6.10. The molecule has 7 nitrogen and oxygen atoms in total. The molecule has 1 atom stereocenters. The van der Waals surface area contributed by atoms with E-state index in [2.05, 4.69) is 5.32 Å². The van der Waals surface area contributed by atoms with Gasteiger partial charge in [0.15, 0.2) is 0 Å². The van der Waals surface area contributed by atoms with Crippen LogP contribution in [0.3, 0.4) is 0 Å². The molecule has 2 aromatic carbocycles. The molecular weight excluding hydrogens is 404 g/mol. The van der Waals surface area contributed by atoms with Crippen LogP contribution in [0.15, 0.2) is 42.5 Å². The molecule has 0 aromatic heterocycles. The van der Waals surface area contributed by atoms with Crippen LogP contribution in [0.1, 0.15) is 12.5 Å². The van der Waals surface area contributed by atoms with E-state index in [0.29, 0.717) is 16.5 Å². The number of anilines is 1. The smallest absolute Gasteiger partial charge is 0.243 e. The van der Waals surface area contributed by atoms with Gasteiger partial charge in [0, 0.05) is 17.6 Å². The summed E-state index contributed by atoms with van der Waals surface area (Å²) < 4.78 is 36.5. The molecule has 0 spiro atoms. The summed E-state index contributed by atoms with van der Waals surface area (Å²) in [7, 11) is -0.907. The quantitative estimate of drug-likeness (QED) is 0.701. The lowest BCUT2D eigenvalue weighted by Gasteiger charge is -2.29. The number of methoxy groups -OCH3 is 2. The molecule has 0 aliphatic rings. The van der Waals surface area contributed by atoms with Crippen molar-refractivity contribution in [2.24, 2.45) is 0 Å². The van der Waals surface area contributed by atoms with E-state index in [1.807, 2.05) is 0 Å². The fourth-order valence-corrected chi connectivity index (χ4v) is 4.09. The molecule has 2 rings (SSSR count). The standard InChI is InChI=1S/C19H23ClN2O5S/c1-13(19(23)21-12-14-7-5-6-8-16(14)20)22(28(4,24)25)17-11-15(26-2)9-10-18(17)27-3/h5-11,13H,12H2,1-4H3,(H,21,23)/t13-/m0/s1. The number of hydrogen-bond donors (Lipinski definition) is 1. The molecule has 1 amide bonds. The number of carbonyl (C=O) groups excluding carboxylic acids is 1. The summed E-state index contributed by atoms with van der Waals surface area (Å²) in [6.07, 6.45) is 1.03. The molecular formula is C19H23ClN2O5S. The second-order valence-corrected chi connectivity index (χ2v) is 8.35. The average molecular weight is 427 g/mol. The molecule has 28 heavy (non-hydrogen) atoms. The van der Waals surface area contributed by atoms with E-state index in [1.54, 1.807) is 36.4 Å². The van der Waals surface area contributed by atoms with Gasteiger partial charge in [-0.25, -0.2) is 8.42 Å². The van der Waals surface area contributed by atoms with Crippen LogP contribution in [0.25, 0.3) is 0 Å². The molecule has 0 fully saturated rings. The predicted octanol–water partition coefficient (Wildman–Crippen LogP) is 2.83. The minimum atomic E-state index is -3.80. The summed E-state index contributed by atoms with van der Waals surface area (Å²) in [5.74, 6) is 0.264. The highest BCUT2D eigenvalue weighted by Gasteiger charge is 2.31. The van der Waals surface area contributed by atoms with Crippen LogP contribution in [-0.2, 0) is 21.4 Å². The Labute approximate surface area is 170 Å². The Kier molecular flexibility index (Phi) is 7.15. The Morgan fingerprint density at radius 3 is 2.43 bits per heavy atom. The molecule has 0 radical (unpaired) electrons. The van der Waals surface area contributed by atoms with Crippen molar-refractivity contribution in [2.75, 3.05) is 24.8 Å². The van der Waals surface area contributed by atoms with Crippen molar-refractivity contribution in [3.63, 3.8) is 0 Å². The molecule has 2 aromatic rings. The minimum absolute atomic E-state index is 0.176. The molecule has 0 unspecified atom stereocenters. The number of carbonyl (C=O) groups is 1. The Balaban J connectivity index is 2.33. The normalized spacial score (nSPS) is 12.2. The topological polar surface area (TPSA) is 84.9 Å². The maximum absolute atomic E-state index is 12.7. The summed E-state index contributed by atoms with van der Waals surface area (Å²) in [4.78, 5) is 12.7. The van der Waals surface area contributed by atoms with E-state index in [0.717, 1.165) is 16.1 Å². The third-order valence-electron chi connectivity index (χ3n) is 4.12. The average Bonchev–Trinajstić information content (AvgIpc) is 2.66. The van der Waals surface area contributed by atoms with Gasteiger partial charge in [0.2, 0.25) is 15.9 Å². The first-order valence-corrected chi connectivity index (χ1v) is 10.6. The lowest BCUT2D eigenvalue weighted by Crippen LogP contribution is -2.47. The second kappa shape index (κ2) is 9.16. The van der Waals surface area contributed by atoms with E-state index in [-0.39, 0.29) is 12.2 Å². The lowest BCUT2D eigenvalue weighted by atomic mass is 10.2. The van der Waals surface area contributed by atoms with Crippen LogP contribution in [0.2, 0.25) is 5.02 Å². The lowest BCUT2D eigenvalue weighted by molar-refractivity contribution is -0.122. The fourth-order valence-electron chi connectivity index (χ4n) is 2.72. The van der Waals surface area contributed by atoms with Crippen molar-refractivity contribution >= 4 is 33.2 Å². The van der Waals surface area contributed by atoms with E-state index in [1.165, 1.54) is 27.2 Å². The predicted molar refractivity (Wildman–Crippen MR) is 110 cm³/mol. The van der Waals surface area contributed by atoms with Gasteiger partial charge in [-0.1, -0.05) is 29.8 Å². The minimum Gasteiger partial charge on any atom is -0.497 e. The van der Waals surface area contributed by atoms with E-state index >= 15 is 0 Å². The van der Waals surface area contributed by atoms with Gasteiger partial charge >= 0.3 is 0 Å². The van der Waals surface area contributed by atoms with Crippen molar-refractivity contribution in [1.82, 2.24) is 5.32 Å². The Hall–Kier alpha value is -2.45. The van der Waals surface area contributed by atoms with Gasteiger partial charge in [0.25, 0.3) is 0 Å². The SMILES string of the molecule is COc1ccc(OC)c(N([C@@H](C)C(=O)NCc2ccccc2Cl)S(C)(=O)=O)c1. The first kappa shape index (κ1) is 21.8. The number of nitrogens with zero attached hydrogens (tertiary/aromatic N) is 1. The van der Waals surface area contributed by atoms with Crippen LogP contribution < -0.4 is 19.1 Å². The summed E-state index contributed by atoms with van der Waals surface area (Å²) in [5, 5.41) is 3.24. The van der Waals surface area contributed by atoms with Gasteiger partial charge in [0.05, 0.1) is 26.2 Å². The summed E-state index contributed by atoms with van der Waals surface area (Å²) in [6.45, 7) is 1.68. The molecule has 9 heteroatoms. The molecule has 0 aliphatic carbocycles. The Morgan fingerprint density at radius 2 is 1.86 bits per heavy atom. The maximum Gasteiger partial charge on any atom is 0.243 e. The first-order chi connectivity index (χ1) is 13.2. The molecule has 0 saturated carbocycles. The highest BCUT2D eigenvalue weighted by atomic mass is 35.5. The van der Waals surface area contributed by atoms with Gasteiger partial charge in [0.1, 0.15) is 17.5 Å². The first-order valence-electron chi connectivity index (χ1n) is 8.41. The number of halogens is 1. The van der Waals surface area contributed by atoms with E-state index in [4.69, 9.17) is 21.1 Å². The number of amides is 1. The maximum atomic E-state index is 12.7. The fraction of sp³-hybridized carbons (Fsp3) is 0.316.